The Hall–Kier alpha value is -3.78. The molecule has 8 heteroatoms. The lowest BCUT2D eigenvalue weighted by molar-refractivity contribution is -0.129. The van der Waals surface area contributed by atoms with E-state index in [-0.39, 0.29) is 24.0 Å². The number of ether oxygens (including phenoxy) is 3. The molecular weight excluding hydrogens is 450 g/mol. The van der Waals surface area contributed by atoms with E-state index in [1.54, 1.807) is 48.5 Å². The number of fused-ring (bicyclic) bond motifs is 1. The number of carbonyl (C=O) groups is 2. The molecule has 0 bridgehead atoms. The number of benzene rings is 2. The van der Waals surface area contributed by atoms with Crippen molar-refractivity contribution in [3.8, 4) is 11.5 Å². The number of aliphatic hydroxyl groups excluding tert-OH is 1. The molecule has 3 aromatic rings. The van der Waals surface area contributed by atoms with Crippen molar-refractivity contribution < 1.29 is 33.3 Å². The molecule has 1 aromatic heterocycles. The van der Waals surface area contributed by atoms with Crippen LogP contribution in [0.25, 0.3) is 11.0 Å². The summed E-state index contributed by atoms with van der Waals surface area (Å²) < 4.78 is 22.3. The summed E-state index contributed by atoms with van der Waals surface area (Å²) in [5.74, 6) is -0.810. The molecule has 1 aliphatic heterocycles. The first-order valence-electron chi connectivity index (χ1n) is 11.5. The monoisotopic (exact) mass is 479 g/mol. The van der Waals surface area contributed by atoms with Gasteiger partial charge in [0.2, 0.25) is 5.78 Å². The highest BCUT2D eigenvalue weighted by Gasteiger charge is 2.45. The molecule has 0 spiro atoms. The average Bonchev–Trinajstić information content (AvgIpc) is 3.40. The number of para-hydroxylation sites is 2. The van der Waals surface area contributed by atoms with Crippen LogP contribution in [0.1, 0.15) is 42.4 Å². The maximum absolute atomic E-state index is 13.7. The minimum atomic E-state index is -0.847. The van der Waals surface area contributed by atoms with E-state index in [4.69, 9.17) is 18.6 Å². The first-order valence-corrected chi connectivity index (χ1v) is 11.5. The number of amides is 1. The highest BCUT2D eigenvalue weighted by atomic mass is 16.5. The Bertz CT molecular complexity index is 1270. The molecule has 1 unspecified atom stereocenters. The zero-order valence-corrected chi connectivity index (χ0v) is 20.2. The van der Waals surface area contributed by atoms with Crippen molar-refractivity contribution in [3.63, 3.8) is 0 Å². The molecule has 1 N–H and O–H groups in total. The van der Waals surface area contributed by atoms with E-state index in [2.05, 4.69) is 0 Å². The van der Waals surface area contributed by atoms with Gasteiger partial charge in [-0.1, -0.05) is 30.3 Å². The smallest absolute Gasteiger partial charge is 0.290 e. The maximum atomic E-state index is 13.7. The molecule has 1 aliphatic rings. The van der Waals surface area contributed by atoms with Gasteiger partial charge in [-0.2, -0.15) is 0 Å². The van der Waals surface area contributed by atoms with E-state index in [1.165, 1.54) is 19.1 Å². The molecule has 0 radical (unpaired) electrons. The molecule has 1 amide bonds. The van der Waals surface area contributed by atoms with Gasteiger partial charge in [-0.15, -0.1) is 0 Å². The third-order valence-corrected chi connectivity index (χ3v) is 5.93. The molecule has 0 aliphatic carbocycles. The molecule has 0 saturated heterocycles. The second-order valence-corrected chi connectivity index (χ2v) is 8.50. The molecule has 1 atom stereocenters. The largest absolute Gasteiger partial charge is 0.503 e. The van der Waals surface area contributed by atoms with Gasteiger partial charge in [0.25, 0.3) is 5.91 Å². The van der Waals surface area contributed by atoms with Crippen LogP contribution < -0.4 is 9.47 Å². The topological polar surface area (TPSA) is 98.4 Å². The third-order valence-electron chi connectivity index (χ3n) is 5.93. The molecule has 4 rings (SSSR count). The first kappa shape index (κ1) is 24.3. The van der Waals surface area contributed by atoms with Gasteiger partial charge in [0.05, 0.1) is 31.9 Å². The number of ketones is 1. The van der Waals surface area contributed by atoms with E-state index in [1.807, 2.05) is 13.8 Å². The number of aliphatic hydroxyl groups is 1. The average molecular weight is 480 g/mol. The summed E-state index contributed by atoms with van der Waals surface area (Å²) in [6, 6.07) is 13.2. The summed E-state index contributed by atoms with van der Waals surface area (Å²) in [4.78, 5) is 28.4. The first-order chi connectivity index (χ1) is 16.9. The van der Waals surface area contributed by atoms with Gasteiger partial charge in [0, 0.05) is 24.1 Å². The van der Waals surface area contributed by atoms with Crippen LogP contribution in [0.3, 0.4) is 0 Å². The molecule has 8 nitrogen and oxygen atoms in total. The fourth-order valence-electron chi connectivity index (χ4n) is 4.33. The van der Waals surface area contributed by atoms with E-state index >= 15 is 0 Å². The number of methoxy groups -OCH3 is 2. The van der Waals surface area contributed by atoms with E-state index in [0.29, 0.717) is 41.1 Å². The number of hydrogen-bond donors (Lipinski definition) is 1. The van der Waals surface area contributed by atoms with Crippen molar-refractivity contribution in [1.82, 2.24) is 4.90 Å². The number of Topliss-reactive ketones (excluding diaryl/α,β-unsaturated/α-hetero) is 1. The number of rotatable bonds is 10. The quantitative estimate of drug-likeness (QED) is 0.328. The van der Waals surface area contributed by atoms with Gasteiger partial charge < -0.3 is 28.6 Å². The number of hydrogen-bond acceptors (Lipinski definition) is 7. The van der Waals surface area contributed by atoms with Crippen molar-refractivity contribution in [3.05, 3.63) is 71.2 Å². The minimum Gasteiger partial charge on any atom is -0.503 e. The van der Waals surface area contributed by atoms with Crippen LogP contribution >= 0.6 is 0 Å². The van der Waals surface area contributed by atoms with Gasteiger partial charge in [-0.25, -0.2) is 0 Å². The maximum Gasteiger partial charge on any atom is 0.290 e. The van der Waals surface area contributed by atoms with Crippen LogP contribution in [-0.2, 0) is 9.53 Å². The SMILES string of the molecule is COc1ccccc1C1C(C(=O)c2cc3cccc(OC)c3o2)=C(O)C(=O)N1CCCOC(C)C. The summed E-state index contributed by atoms with van der Waals surface area (Å²) in [5, 5.41) is 11.6. The molecular formula is C27H29NO7. The van der Waals surface area contributed by atoms with Crippen LogP contribution in [0.5, 0.6) is 11.5 Å². The third kappa shape index (κ3) is 4.61. The van der Waals surface area contributed by atoms with Crippen LogP contribution in [-0.4, -0.2) is 55.2 Å². The van der Waals surface area contributed by atoms with Crippen molar-refractivity contribution >= 4 is 22.7 Å². The van der Waals surface area contributed by atoms with E-state index < -0.39 is 23.5 Å². The lowest BCUT2D eigenvalue weighted by Gasteiger charge is -2.28. The minimum absolute atomic E-state index is 0.00346. The zero-order chi connectivity index (χ0) is 25.1. The fourth-order valence-corrected chi connectivity index (χ4v) is 4.33. The highest BCUT2D eigenvalue weighted by Crippen LogP contribution is 2.43. The van der Waals surface area contributed by atoms with Crippen molar-refractivity contribution in [2.75, 3.05) is 27.4 Å². The van der Waals surface area contributed by atoms with Crippen LogP contribution in [0, 0.1) is 0 Å². The number of carbonyl (C=O) groups excluding carboxylic acids is 2. The van der Waals surface area contributed by atoms with Gasteiger partial charge in [0.1, 0.15) is 5.75 Å². The van der Waals surface area contributed by atoms with Crippen LogP contribution in [0.2, 0.25) is 0 Å². The second-order valence-electron chi connectivity index (χ2n) is 8.50. The summed E-state index contributed by atoms with van der Waals surface area (Å²) in [7, 11) is 3.04. The van der Waals surface area contributed by atoms with Crippen LogP contribution in [0.15, 0.2) is 64.3 Å². The van der Waals surface area contributed by atoms with E-state index in [9.17, 15) is 14.7 Å². The fraction of sp³-hybridized carbons (Fsp3) is 0.333. The van der Waals surface area contributed by atoms with Crippen molar-refractivity contribution in [2.24, 2.45) is 0 Å². The predicted octanol–water partition coefficient (Wildman–Crippen LogP) is 4.84. The van der Waals surface area contributed by atoms with E-state index in [0.717, 1.165) is 0 Å². The number of nitrogens with zero attached hydrogens (tertiary/aromatic N) is 1. The molecule has 184 valence electrons. The van der Waals surface area contributed by atoms with Gasteiger partial charge >= 0.3 is 0 Å². The Kier molecular flexibility index (Phi) is 7.12. The summed E-state index contributed by atoms with van der Waals surface area (Å²) in [6.45, 7) is 4.59. The second kappa shape index (κ2) is 10.2. The molecule has 2 heterocycles. The summed E-state index contributed by atoms with van der Waals surface area (Å²) in [5.41, 5.74) is 0.954. The zero-order valence-electron chi connectivity index (χ0n) is 20.2. The Balaban J connectivity index is 1.76. The molecule has 0 fully saturated rings. The Morgan fingerprint density at radius 2 is 1.80 bits per heavy atom. The standard InChI is InChI=1S/C27H29NO7/c1-16(2)34-14-8-13-28-23(18-10-5-6-11-19(18)32-3)22(25(30)27(28)31)24(29)21-15-17-9-7-12-20(33-4)26(17)35-21/h5-7,9-12,15-16,23,30H,8,13-14H2,1-4H3. The highest BCUT2D eigenvalue weighted by molar-refractivity contribution is 6.16. The lowest BCUT2D eigenvalue weighted by atomic mass is 9.94. The number of furan rings is 1. The summed E-state index contributed by atoms with van der Waals surface area (Å²) >= 11 is 0. The lowest BCUT2D eigenvalue weighted by Crippen LogP contribution is -2.33. The van der Waals surface area contributed by atoms with Crippen molar-refractivity contribution in [1.29, 1.82) is 0 Å². The van der Waals surface area contributed by atoms with Gasteiger partial charge in [-0.05, 0) is 38.5 Å². The Morgan fingerprint density at radius 1 is 1.09 bits per heavy atom. The molecule has 0 saturated carbocycles. The van der Waals surface area contributed by atoms with Crippen molar-refractivity contribution in [2.45, 2.75) is 32.4 Å². The predicted molar refractivity (Wildman–Crippen MR) is 130 cm³/mol. The summed E-state index contributed by atoms with van der Waals surface area (Å²) in [6.07, 6.45) is 0.592. The van der Waals surface area contributed by atoms with Crippen LogP contribution in [0.4, 0.5) is 0 Å². The normalized spacial score (nSPS) is 16.0. The van der Waals surface area contributed by atoms with Gasteiger partial charge in [0.15, 0.2) is 22.9 Å². The Labute approximate surface area is 203 Å². The molecule has 2 aromatic carbocycles. The van der Waals surface area contributed by atoms with Gasteiger partial charge in [-0.3, -0.25) is 9.59 Å². The Morgan fingerprint density at radius 3 is 2.51 bits per heavy atom. The molecule has 35 heavy (non-hydrogen) atoms.